The summed E-state index contributed by atoms with van der Waals surface area (Å²) in [5, 5.41) is 10.1. The highest BCUT2D eigenvalue weighted by Gasteiger charge is 2.31. The lowest BCUT2D eigenvalue weighted by Gasteiger charge is -2.30. The summed E-state index contributed by atoms with van der Waals surface area (Å²) in [7, 11) is 0. The molecule has 2 heterocycles. The van der Waals surface area contributed by atoms with Crippen LogP contribution in [0, 0.1) is 0 Å². The number of nitrogens with zero attached hydrogens (tertiary/aromatic N) is 1. The number of carboxylic acids is 1. The lowest BCUT2D eigenvalue weighted by Crippen LogP contribution is -2.48. The molecule has 0 bridgehead atoms. The molecule has 3 rings (SSSR count). The molecular formula is C14H13ClN2O4. The van der Waals surface area contributed by atoms with E-state index in [0.717, 1.165) is 10.9 Å². The summed E-state index contributed by atoms with van der Waals surface area (Å²) in [5.41, 5.74) is 1.05. The minimum absolute atomic E-state index is 0.0138. The van der Waals surface area contributed by atoms with Gasteiger partial charge in [0, 0.05) is 17.4 Å². The maximum atomic E-state index is 12.5. The van der Waals surface area contributed by atoms with Crippen LogP contribution in [0.5, 0.6) is 0 Å². The Morgan fingerprint density at radius 1 is 1.38 bits per heavy atom. The Balaban J connectivity index is 1.90. The molecule has 0 saturated carbocycles. The van der Waals surface area contributed by atoms with Crippen molar-refractivity contribution >= 4 is 34.4 Å². The fourth-order valence-electron chi connectivity index (χ4n) is 2.40. The van der Waals surface area contributed by atoms with Gasteiger partial charge < -0.3 is 19.7 Å². The number of carbonyl (C=O) groups is 2. The predicted octanol–water partition coefficient (Wildman–Crippen LogP) is 1.75. The van der Waals surface area contributed by atoms with Gasteiger partial charge in [0.15, 0.2) is 6.10 Å². The number of aromatic amines is 1. The van der Waals surface area contributed by atoms with Crippen molar-refractivity contribution in [2.45, 2.75) is 6.10 Å². The standard InChI is InChI=1S/C14H13ClN2O4/c15-11-8-3-1-2-4-9(8)16-12(11)13(18)17-5-6-21-10(7-17)14(19)20/h1-4,10,16H,5-7H2,(H,19,20). The summed E-state index contributed by atoms with van der Waals surface area (Å²) in [5.74, 6) is -1.39. The molecule has 1 aliphatic rings. The number of benzene rings is 1. The number of nitrogens with one attached hydrogen (secondary N) is 1. The van der Waals surface area contributed by atoms with Crippen LogP contribution in [0.15, 0.2) is 24.3 Å². The second-order valence-electron chi connectivity index (χ2n) is 4.81. The lowest BCUT2D eigenvalue weighted by atomic mass is 10.2. The van der Waals surface area contributed by atoms with Crippen molar-refractivity contribution in [3.8, 4) is 0 Å². The van der Waals surface area contributed by atoms with Crippen LogP contribution in [0.3, 0.4) is 0 Å². The van der Waals surface area contributed by atoms with Crippen LogP contribution in [0.2, 0.25) is 5.02 Å². The molecule has 0 aliphatic carbocycles. The minimum Gasteiger partial charge on any atom is -0.479 e. The fraction of sp³-hybridized carbons (Fsp3) is 0.286. The first kappa shape index (κ1) is 13.9. The van der Waals surface area contributed by atoms with E-state index < -0.39 is 12.1 Å². The summed E-state index contributed by atoms with van der Waals surface area (Å²) in [6, 6.07) is 7.34. The Morgan fingerprint density at radius 2 is 2.14 bits per heavy atom. The Hall–Kier alpha value is -2.05. The van der Waals surface area contributed by atoms with Crippen LogP contribution in [0.4, 0.5) is 0 Å². The van der Waals surface area contributed by atoms with Gasteiger partial charge in [0.05, 0.1) is 18.2 Å². The maximum absolute atomic E-state index is 12.5. The van der Waals surface area contributed by atoms with Crippen molar-refractivity contribution in [3.05, 3.63) is 35.0 Å². The van der Waals surface area contributed by atoms with E-state index in [9.17, 15) is 9.59 Å². The maximum Gasteiger partial charge on any atom is 0.334 e. The Bertz CT molecular complexity index is 712. The number of para-hydroxylation sites is 1. The highest BCUT2D eigenvalue weighted by atomic mass is 35.5. The first-order chi connectivity index (χ1) is 10.1. The second kappa shape index (κ2) is 5.38. The van der Waals surface area contributed by atoms with E-state index in [1.54, 1.807) is 0 Å². The molecule has 1 unspecified atom stereocenters. The van der Waals surface area contributed by atoms with Gasteiger partial charge in [-0.1, -0.05) is 29.8 Å². The SMILES string of the molecule is O=C(O)C1CN(C(=O)c2[nH]c3ccccc3c2Cl)CCO1. The topological polar surface area (TPSA) is 82.6 Å². The number of morpholine rings is 1. The average Bonchev–Trinajstić information content (AvgIpc) is 2.84. The van der Waals surface area contributed by atoms with Crippen LogP contribution in [-0.4, -0.2) is 52.7 Å². The first-order valence-corrected chi connectivity index (χ1v) is 6.85. The van der Waals surface area contributed by atoms with E-state index >= 15 is 0 Å². The van der Waals surface area contributed by atoms with Crippen molar-refractivity contribution in [1.29, 1.82) is 0 Å². The van der Waals surface area contributed by atoms with Crippen LogP contribution in [0.1, 0.15) is 10.5 Å². The molecule has 0 spiro atoms. The number of amides is 1. The molecule has 1 saturated heterocycles. The summed E-state index contributed by atoms with van der Waals surface area (Å²) in [6.45, 7) is 0.550. The summed E-state index contributed by atoms with van der Waals surface area (Å²) >= 11 is 6.24. The molecule has 110 valence electrons. The van der Waals surface area contributed by atoms with Gasteiger partial charge in [-0.05, 0) is 6.07 Å². The highest BCUT2D eigenvalue weighted by molar-refractivity contribution is 6.38. The average molecular weight is 309 g/mol. The quantitative estimate of drug-likeness (QED) is 0.885. The third-order valence-electron chi connectivity index (χ3n) is 3.49. The zero-order valence-electron chi connectivity index (χ0n) is 11.0. The Morgan fingerprint density at radius 3 is 2.86 bits per heavy atom. The van der Waals surface area contributed by atoms with Crippen molar-refractivity contribution in [2.24, 2.45) is 0 Å². The van der Waals surface area contributed by atoms with E-state index in [1.807, 2.05) is 24.3 Å². The van der Waals surface area contributed by atoms with Crippen molar-refractivity contribution in [2.75, 3.05) is 19.7 Å². The molecule has 2 aromatic rings. The van der Waals surface area contributed by atoms with E-state index in [2.05, 4.69) is 4.98 Å². The van der Waals surface area contributed by atoms with Gasteiger partial charge in [-0.25, -0.2) is 4.79 Å². The van der Waals surface area contributed by atoms with Crippen LogP contribution < -0.4 is 0 Å². The molecule has 1 aliphatic heterocycles. The molecule has 1 aromatic carbocycles. The zero-order chi connectivity index (χ0) is 15.0. The number of carboxylic acid groups (broad SMARTS) is 1. The first-order valence-electron chi connectivity index (χ1n) is 6.48. The number of halogens is 1. The van der Waals surface area contributed by atoms with E-state index in [4.69, 9.17) is 21.4 Å². The molecule has 7 heteroatoms. The summed E-state index contributed by atoms with van der Waals surface area (Å²) in [6.07, 6.45) is -0.995. The monoisotopic (exact) mass is 308 g/mol. The largest absolute Gasteiger partial charge is 0.479 e. The Labute approximate surface area is 125 Å². The van der Waals surface area contributed by atoms with Gasteiger partial charge in [-0.3, -0.25) is 4.79 Å². The van der Waals surface area contributed by atoms with Gasteiger partial charge in [-0.15, -0.1) is 0 Å². The number of H-pyrrole nitrogens is 1. The van der Waals surface area contributed by atoms with Crippen molar-refractivity contribution in [1.82, 2.24) is 9.88 Å². The van der Waals surface area contributed by atoms with Gasteiger partial charge in [-0.2, -0.15) is 0 Å². The second-order valence-corrected chi connectivity index (χ2v) is 5.19. The number of hydrogen-bond acceptors (Lipinski definition) is 3. The van der Waals surface area contributed by atoms with E-state index in [0.29, 0.717) is 11.6 Å². The smallest absolute Gasteiger partial charge is 0.334 e. The van der Waals surface area contributed by atoms with Crippen molar-refractivity contribution in [3.63, 3.8) is 0 Å². The van der Waals surface area contributed by atoms with E-state index in [-0.39, 0.29) is 24.8 Å². The molecule has 2 N–H and O–H groups in total. The molecule has 0 radical (unpaired) electrons. The van der Waals surface area contributed by atoms with Crippen LogP contribution in [-0.2, 0) is 9.53 Å². The summed E-state index contributed by atoms with van der Waals surface area (Å²) < 4.78 is 5.11. The van der Waals surface area contributed by atoms with Gasteiger partial charge >= 0.3 is 5.97 Å². The number of aliphatic carboxylic acids is 1. The third kappa shape index (κ3) is 2.48. The molecule has 1 amide bonds. The fourth-order valence-corrected chi connectivity index (χ4v) is 2.69. The number of hydrogen-bond donors (Lipinski definition) is 2. The normalized spacial score (nSPS) is 18.9. The number of rotatable bonds is 2. The highest BCUT2D eigenvalue weighted by Crippen LogP contribution is 2.28. The number of fused-ring (bicyclic) bond motifs is 1. The lowest BCUT2D eigenvalue weighted by molar-refractivity contribution is -0.154. The van der Waals surface area contributed by atoms with E-state index in [1.165, 1.54) is 4.90 Å². The molecule has 1 aromatic heterocycles. The van der Waals surface area contributed by atoms with Crippen LogP contribution >= 0.6 is 11.6 Å². The third-order valence-corrected chi connectivity index (χ3v) is 3.88. The van der Waals surface area contributed by atoms with Gasteiger partial charge in [0.1, 0.15) is 5.69 Å². The van der Waals surface area contributed by atoms with Gasteiger partial charge in [0.25, 0.3) is 5.91 Å². The van der Waals surface area contributed by atoms with Crippen molar-refractivity contribution < 1.29 is 19.4 Å². The number of carbonyl (C=O) groups excluding carboxylic acids is 1. The molecule has 1 fully saturated rings. The summed E-state index contributed by atoms with van der Waals surface area (Å²) in [4.78, 5) is 27.9. The minimum atomic E-state index is -1.07. The Kier molecular flexibility index (Phi) is 3.57. The molecule has 6 nitrogen and oxygen atoms in total. The van der Waals surface area contributed by atoms with Gasteiger partial charge in [0.2, 0.25) is 0 Å². The predicted molar refractivity (Wildman–Crippen MR) is 76.6 cm³/mol. The molecule has 1 atom stereocenters. The molecular weight excluding hydrogens is 296 g/mol. The number of aromatic nitrogens is 1. The number of ether oxygens (including phenoxy) is 1. The zero-order valence-corrected chi connectivity index (χ0v) is 11.8. The van der Waals surface area contributed by atoms with Crippen LogP contribution in [0.25, 0.3) is 10.9 Å². The molecule has 21 heavy (non-hydrogen) atoms.